The summed E-state index contributed by atoms with van der Waals surface area (Å²) >= 11 is -2.45. The number of carbonyl (C=O) groups excluding carboxylic acids is 2. The highest BCUT2D eigenvalue weighted by molar-refractivity contribution is 7.80. The molecule has 10 nitrogen and oxygen atoms in total. The first kappa shape index (κ1) is 29.3. The molecule has 4 rings (SSSR count). The van der Waals surface area contributed by atoms with E-state index in [4.69, 9.17) is 13.9 Å². The summed E-state index contributed by atoms with van der Waals surface area (Å²) in [6.45, 7) is 5.28. The van der Waals surface area contributed by atoms with Gasteiger partial charge in [-0.3, -0.25) is 13.7 Å². The average molecular weight is 576 g/mol. The quantitative estimate of drug-likeness (QED) is 0.192. The van der Waals surface area contributed by atoms with Crippen LogP contribution < -0.4 is 14.4 Å². The van der Waals surface area contributed by atoms with Gasteiger partial charge in [-0.05, 0) is 60.4 Å². The Kier molecular flexibility index (Phi) is 8.76. The van der Waals surface area contributed by atoms with Crippen molar-refractivity contribution in [1.82, 2.24) is 0 Å². The lowest BCUT2D eigenvalue weighted by atomic mass is 10.0. The highest BCUT2D eigenvalue weighted by Gasteiger charge is 2.34. The summed E-state index contributed by atoms with van der Waals surface area (Å²) in [6.07, 6.45) is 0. The smallest absolute Gasteiger partial charge is 0.329 e. The molecule has 0 fully saturated rings. The van der Waals surface area contributed by atoms with Crippen molar-refractivity contribution in [3.05, 3.63) is 77.6 Å². The van der Waals surface area contributed by atoms with E-state index in [1.54, 1.807) is 69.3 Å². The molecule has 1 aromatic heterocycles. The Morgan fingerprint density at radius 3 is 2.15 bits per heavy atom. The summed E-state index contributed by atoms with van der Waals surface area (Å²) in [7, 11) is 2.71. The first-order valence-electron chi connectivity index (χ1n) is 12.6. The maximum absolute atomic E-state index is 13.0. The Bertz CT molecular complexity index is 1650. The molecule has 0 spiro atoms. The molecule has 0 aliphatic heterocycles. The number of nitrogens with one attached hydrogen (secondary N) is 1. The highest BCUT2D eigenvalue weighted by atomic mass is 32.2. The van der Waals surface area contributed by atoms with Crippen LogP contribution in [0.15, 0.2) is 65.1 Å². The number of methoxy groups -OCH3 is 2. The number of esters is 1. The maximum atomic E-state index is 13.0. The lowest BCUT2D eigenvalue weighted by Gasteiger charge is -2.30. The summed E-state index contributed by atoms with van der Waals surface area (Å²) in [5.41, 5.74) is 3.95. The van der Waals surface area contributed by atoms with E-state index < -0.39 is 29.2 Å². The van der Waals surface area contributed by atoms with Gasteiger partial charge in [0.25, 0.3) is 17.2 Å². The SMILES string of the molecule is COC(=O)C(C(C)C)N(c1ccc(-c2ccc(NC(=O)c3oc4ccc(C#N)c(OC)c4c3C)cc2)cc1)S(=O)O. The topological polar surface area (TPSA) is 142 Å². The molecule has 11 heteroatoms. The van der Waals surface area contributed by atoms with Gasteiger partial charge in [0.1, 0.15) is 23.4 Å². The van der Waals surface area contributed by atoms with E-state index in [-0.39, 0.29) is 11.7 Å². The summed E-state index contributed by atoms with van der Waals surface area (Å²) in [6, 6.07) is 18.4. The number of hydrogen-bond donors (Lipinski definition) is 2. The molecular formula is C30H29N3O7S. The molecule has 1 amide bonds. The van der Waals surface area contributed by atoms with Gasteiger partial charge in [0.2, 0.25) is 0 Å². The van der Waals surface area contributed by atoms with E-state index >= 15 is 0 Å². The molecule has 0 aliphatic rings. The van der Waals surface area contributed by atoms with E-state index in [0.717, 1.165) is 15.4 Å². The third kappa shape index (κ3) is 5.79. The predicted molar refractivity (Wildman–Crippen MR) is 156 cm³/mol. The van der Waals surface area contributed by atoms with Crippen LogP contribution in [-0.2, 0) is 20.8 Å². The molecule has 41 heavy (non-hydrogen) atoms. The molecule has 0 saturated heterocycles. The zero-order valence-electron chi connectivity index (χ0n) is 23.1. The number of rotatable bonds is 9. The fraction of sp³-hybridized carbons (Fsp3) is 0.233. The number of ether oxygens (including phenoxy) is 2. The number of nitrogens with zero attached hydrogens (tertiary/aromatic N) is 2. The third-order valence-corrected chi connectivity index (χ3v) is 7.45. The number of benzene rings is 3. The van der Waals surface area contributed by atoms with Crippen molar-refractivity contribution in [2.75, 3.05) is 23.8 Å². The fourth-order valence-corrected chi connectivity index (χ4v) is 5.49. The van der Waals surface area contributed by atoms with E-state index in [2.05, 4.69) is 11.4 Å². The van der Waals surface area contributed by atoms with Crippen molar-refractivity contribution in [3.63, 3.8) is 0 Å². The third-order valence-electron chi connectivity index (χ3n) is 6.67. The van der Waals surface area contributed by atoms with E-state index in [9.17, 15) is 23.6 Å². The van der Waals surface area contributed by atoms with Crippen molar-refractivity contribution < 1.29 is 32.2 Å². The first-order valence-corrected chi connectivity index (χ1v) is 13.7. The standard InChI is InChI=1S/C30H29N3O7S/c1-17(2)26(30(35)39-5)33(41(36)37)23-13-8-20(9-14-23)19-6-11-22(12-7-19)32-29(34)27-18(3)25-24(40-27)15-10-21(16-31)28(25)38-4/h6-15,17,26H,1-5H3,(H,32,34)(H,36,37). The summed E-state index contributed by atoms with van der Waals surface area (Å²) in [5, 5.41) is 12.8. The van der Waals surface area contributed by atoms with Crippen LogP contribution in [0.25, 0.3) is 22.1 Å². The Balaban J connectivity index is 1.54. The van der Waals surface area contributed by atoms with Crippen molar-refractivity contribution in [3.8, 4) is 22.9 Å². The summed E-state index contributed by atoms with van der Waals surface area (Å²) in [4.78, 5) is 25.4. The van der Waals surface area contributed by atoms with Crippen LogP contribution in [0.2, 0.25) is 0 Å². The minimum atomic E-state index is -2.45. The van der Waals surface area contributed by atoms with Gasteiger partial charge in [-0.15, -0.1) is 0 Å². The molecule has 212 valence electrons. The minimum Gasteiger partial charge on any atom is -0.495 e. The fourth-order valence-electron chi connectivity index (χ4n) is 4.66. The van der Waals surface area contributed by atoms with Gasteiger partial charge in [0.15, 0.2) is 5.76 Å². The highest BCUT2D eigenvalue weighted by Crippen LogP contribution is 2.36. The molecule has 2 unspecified atom stereocenters. The number of amides is 1. The largest absolute Gasteiger partial charge is 0.495 e. The molecule has 4 aromatic rings. The minimum absolute atomic E-state index is 0.116. The second-order valence-electron chi connectivity index (χ2n) is 9.53. The van der Waals surface area contributed by atoms with Gasteiger partial charge in [-0.2, -0.15) is 5.26 Å². The number of hydrogen-bond acceptors (Lipinski definition) is 7. The predicted octanol–water partition coefficient (Wildman–Crippen LogP) is 5.68. The monoisotopic (exact) mass is 575 g/mol. The van der Waals surface area contributed by atoms with Crippen LogP contribution in [0, 0.1) is 24.2 Å². The first-order chi connectivity index (χ1) is 19.6. The Hall–Kier alpha value is -4.66. The van der Waals surface area contributed by atoms with Gasteiger partial charge >= 0.3 is 5.97 Å². The normalized spacial score (nSPS) is 12.4. The van der Waals surface area contributed by atoms with Crippen molar-refractivity contribution >= 4 is 45.5 Å². The van der Waals surface area contributed by atoms with Crippen LogP contribution in [0.4, 0.5) is 11.4 Å². The number of carbonyl (C=O) groups is 2. The Labute approximate surface area is 239 Å². The number of nitriles is 1. The van der Waals surface area contributed by atoms with Gasteiger partial charge in [-0.1, -0.05) is 38.1 Å². The second kappa shape index (κ2) is 12.2. The molecular weight excluding hydrogens is 546 g/mol. The lowest BCUT2D eigenvalue weighted by molar-refractivity contribution is -0.142. The van der Waals surface area contributed by atoms with Crippen LogP contribution in [0.5, 0.6) is 5.75 Å². The summed E-state index contributed by atoms with van der Waals surface area (Å²) < 4.78 is 39.3. The number of furan rings is 1. The lowest BCUT2D eigenvalue weighted by Crippen LogP contribution is -2.46. The van der Waals surface area contributed by atoms with Gasteiger partial charge in [0, 0.05) is 11.3 Å². The molecule has 2 atom stereocenters. The Morgan fingerprint density at radius 2 is 1.63 bits per heavy atom. The van der Waals surface area contributed by atoms with Crippen molar-refractivity contribution in [1.29, 1.82) is 5.26 Å². The van der Waals surface area contributed by atoms with E-state index in [1.165, 1.54) is 14.2 Å². The summed E-state index contributed by atoms with van der Waals surface area (Å²) in [5.74, 6) is -0.849. The van der Waals surface area contributed by atoms with Crippen LogP contribution in [0.3, 0.4) is 0 Å². The average Bonchev–Trinajstić information content (AvgIpc) is 3.31. The van der Waals surface area contributed by atoms with Gasteiger partial charge < -0.3 is 19.2 Å². The molecule has 3 aromatic carbocycles. The van der Waals surface area contributed by atoms with Crippen molar-refractivity contribution in [2.24, 2.45) is 5.92 Å². The number of fused-ring (bicyclic) bond motifs is 1. The van der Waals surface area contributed by atoms with E-state index in [0.29, 0.717) is 39.2 Å². The zero-order chi connectivity index (χ0) is 29.8. The second-order valence-corrected chi connectivity index (χ2v) is 10.4. The molecule has 0 radical (unpaired) electrons. The molecule has 2 N–H and O–H groups in total. The molecule has 1 heterocycles. The van der Waals surface area contributed by atoms with E-state index in [1.807, 2.05) is 12.1 Å². The van der Waals surface area contributed by atoms with Crippen LogP contribution in [-0.4, -0.2) is 40.9 Å². The van der Waals surface area contributed by atoms with Gasteiger partial charge in [-0.25, -0.2) is 9.00 Å². The number of anilines is 2. The molecule has 0 aliphatic carbocycles. The van der Waals surface area contributed by atoms with Gasteiger partial charge in [0.05, 0.1) is 30.9 Å². The molecule has 0 bridgehead atoms. The zero-order valence-corrected chi connectivity index (χ0v) is 23.9. The van der Waals surface area contributed by atoms with Crippen molar-refractivity contribution in [2.45, 2.75) is 26.8 Å². The van der Waals surface area contributed by atoms with Crippen LogP contribution in [0.1, 0.15) is 35.5 Å². The maximum Gasteiger partial charge on any atom is 0.329 e. The Morgan fingerprint density at radius 1 is 1.02 bits per heavy atom. The van der Waals surface area contributed by atoms with Crippen LogP contribution >= 0.6 is 0 Å². The number of aryl methyl sites for hydroxylation is 1. The molecule has 0 saturated carbocycles.